The number of nitrogens with one attached hydrogen (secondary N) is 2. The van der Waals surface area contributed by atoms with Crippen LogP contribution in [0.3, 0.4) is 0 Å². The molecular formula is C26H35N5O3. The predicted octanol–water partition coefficient (Wildman–Crippen LogP) is 2.84. The van der Waals surface area contributed by atoms with E-state index in [2.05, 4.69) is 36.4 Å². The highest BCUT2D eigenvalue weighted by Gasteiger charge is 2.40. The number of carbonyl (C=O) groups is 2. The number of amides is 2. The minimum absolute atomic E-state index is 0.121. The van der Waals surface area contributed by atoms with Crippen LogP contribution in [0.2, 0.25) is 0 Å². The number of pyridine rings is 1. The van der Waals surface area contributed by atoms with Crippen molar-refractivity contribution in [3.05, 3.63) is 53.9 Å². The molecule has 3 N–H and O–H groups in total. The van der Waals surface area contributed by atoms with E-state index in [-0.39, 0.29) is 43.0 Å². The van der Waals surface area contributed by atoms with Crippen molar-refractivity contribution in [3.8, 4) is 0 Å². The van der Waals surface area contributed by atoms with Gasteiger partial charge in [0.05, 0.1) is 30.5 Å². The number of benzene rings is 1. The molecule has 2 amide bonds. The molecule has 2 heterocycles. The largest absolute Gasteiger partial charge is 0.372 e. The average molecular weight is 466 g/mol. The normalized spacial score (nSPS) is 19.5. The predicted molar refractivity (Wildman–Crippen MR) is 133 cm³/mol. The lowest BCUT2D eigenvalue weighted by atomic mass is 10.1. The van der Waals surface area contributed by atoms with Crippen molar-refractivity contribution in [1.82, 2.24) is 15.6 Å². The highest BCUT2D eigenvalue weighted by Crippen LogP contribution is 2.42. The topological polar surface area (TPSA) is 97.8 Å². The summed E-state index contributed by atoms with van der Waals surface area (Å²) in [4.78, 5) is 34.0. The van der Waals surface area contributed by atoms with E-state index in [9.17, 15) is 14.7 Å². The highest BCUT2D eigenvalue weighted by atomic mass is 16.3. The smallest absolute Gasteiger partial charge is 0.251 e. The molecule has 1 aromatic heterocycles. The molecule has 3 atom stereocenters. The van der Waals surface area contributed by atoms with Gasteiger partial charge in [0.25, 0.3) is 5.91 Å². The molecule has 0 spiro atoms. The van der Waals surface area contributed by atoms with Crippen LogP contribution in [0.15, 0.2) is 42.7 Å². The molecule has 1 aromatic carbocycles. The van der Waals surface area contributed by atoms with Gasteiger partial charge in [-0.05, 0) is 62.4 Å². The average Bonchev–Trinajstić information content (AvgIpc) is 3.66. The van der Waals surface area contributed by atoms with E-state index >= 15 is 0 Å². The molecule has 8 heteroatoms. The van der Waals surface area contributed by atoms with E-state index in [4.69, 9.17) is 0 Å². The molecule has 0 radical (unpaired) electrons. The van der Waals surface area contributed by atoms with Gasteiger partial charge in [0.15, 0.2) is 0 Å². The summed E-state index contributed by atoms with van der Waals surface area (Å²) < 4.78 is 0. The molecule has 1 aliphatic carbocycles. The number of carbonyl (C=O) groups excluding carboxylic acids is 2. The number of rotatable bonds is 8. The number of aromatic nitrogens is 1. The van der Waals surface area contributed by atoms with Crippen LogP contribution >= 0.6 is 0 Å². The van der Waals surface area contributed by atoms with Crippen LogP contribution in [-0.2, 0) is 4.79 Å². The minimum atomic E-state index is -0.767. The summed E-state index contributed by atoms with van der Waals surface area (Å²) in [5.41, 5.74) is 2.85. The summed E-state index contributed by atoms with van der Waals surface area (Å²) in [7, 11) is 0. The van der Waals surface area contributed by atoms with Crippen molar-refractivity contribution in [3.63, 3.8) is 0 Å². The van der Waals surface area contributed by atoms with Crippen molar-refractivity contribution < 1.29 is 14.7 Å². The summed E-state index contributed by atoms with van der Waals surface area (Å²) >= 11 is 0. The summed E-state index contributed by atoms with van der Waals surface area (Å²) in [6.45, 7) is 8.52. The lowest BCUT2D eigenvalue weighted by Gasteiger charge is -2.42. The number of hydrogen-bond acceptors (Lipinski definition) is 6. The number of nitrogens with zero attached hydrogens (tertiary/aromatic N) is 3. The Bertz CT molecular complexity index is 1020. The fourth-order valence-electron chi connectivity index (χ4n) is 4.21. The molecule has 2 aromatic rings. The first kappa shape index (κ1) is 24.2. The Morgan fingerprint density at radius 2 is 1.91 bits per heavy atom. The fourth-order valence-corrected chi connectivity index (χ4v) is 4.21. The first-order valence-corrected chi connectivity index (χ1v) is 12.1. The molecular weight excluding hydrogens is 430 g/mol. The van der Waals surface area contributed by atoms with Crippen LogP contribution in [0.4, 0.5) is 11.4 Å². The van der Waals surface area contributed by atoms with E-state index in [1.54, 1.807) is 29.4 Å². The number of aliphatic hydroxyl groups is 1. The Morgan fingerprint density at radius 3 is 2.56 bits per heavy atom. The van der Waals surface area contributed by atoms with Crippen LogP contribution in [0.25, 0.3) is 0 Å². The second kappa shape index (κ2) is 10.1. The lowest BCUT2D eigenvalue weighted by Crippen LogP contribution is -2.54. The van der Waals surface area contributed by atoms with Crippen LogP contribution < -0.4 is 20.4 Å². The van der Waals surface area contributed by atoms with E-state index < -0.39 is 6.23 Å². The molecule has 1 saturated carbocycles. The monoisotopic (exact) mass is 465 g/mol. The van der Waals surface area contributed by atoms with E-state index in [1.807, 2.05) is 30.0 Å². The van der Waals surface area contributed by atoms with Crippen molar-refractivity contribution >= 4 is 23.2 Å². The first-order valence-electron chi connectivity index (χ1n) is 12.1. The molecule has 2 aliphatic rings. The molecule has 1 aliphatic heterocycles. The zero-order chi connectivity index (χ0) is 24.4. The third-order valence-corrected chi connectivity index (χ3v) is 6.82. The number of hydrogen-bond donors (Lipinski definition) is 3. The van der Waals surface area contributed by atoms with Gasteiger partial charge in [-0.2, -0.15) is 0 Å². The zero-order valence-electron chi connectivity index (χ0n) is 20.4. The van der Waals surface area contributed by atoms with E-state index in [0.29, 0.717) is 17.2 Å². The zero-order valence-corrected chi connectivity index (χ0v) is 20.4. The number of anilines is 2. The lowest BCUT2D eigenvalue weighted by molar-refractivity contribution is -0.118. The van der Waals surface area contributed by atoms with Crippen LogP contribution in [0, 0.1) is 5.92 Å². The SMILES string of the molecule is CC(NC(=O)c1ccc2c(c1)N(C(=O)CN[C@@H](C)C(C)C)CC(O)N2C1CC1)c1cccnc1. The molecule has 0 saturated heterocycles. The molecule has 34 heavy (non-hydrogen) atoms. The van der Waals surface area contributed by atoms with Gasteiger partial charge in [-0.1, -0.05) is 19.9 Å². The first-order chi connectivity index (χ1) is 16.3. The van der Waals surface area contributed by atoms with E-state index in [1.165, 1.54) is 0 Å². The number of β-amino-alcohol motifs (C(OH)–C–C–N with tert-alkyl or cyclic N) is 1. The minimum Gasteiger partial charge on any atom is -0.372 e. The second-order valence-corrected chi connectivity index (χ2v) is 9.72. The molecule has 0 bridgehead atoms. The van der Waals surface area contributed by atoms with Crippen LogP contribution in [0.5, 0.6) is 0 Å². The molecule has 182 valence electrons. The molecule has 2 unspecified atom stereocenters. The Kier molecular flexibility index (Phi) is 7.19. The Hall–Kier alpha value is -2.97. The van der Waals surface area contributed by atoms with Gasteiger partial charge in [0, 0.05) is 30.0 Å². The summed E-state index contributed by atoms with van der Waals surface area (Å²) in [6, 6.07) is 9.40. The number of aliphatic hydroxyl groups excluding tert-OH is 1. The Morgan fingerprint density at radius 1 is 1.15 bits per heavy atom. The summed E-state index contributed by atoms with van der Waals surface area (Å²) in [5, 5.41) is 17.2. The van der Waals surface area contributed by atoms with Gasteiger partial charge in [0.2, 0.25) is 5.91 Å². The van der Waals surface area contributed by atoms with E-state index in [0.717, 1.165) is 24.1 Å². The number of fused-ring (bicyclic) bond motifs is 1. The Balaban J connectivity index is 1.58. The maximum Gasteiger partial charge on any atom is 0.251 e. The summed E-state index contributed by atoms with van der Waals surface area (Å²) in [5.74, 6) is 0.0567. The maximum atomic E-state index is 13.2. The highest BCUT2D eigenvalue weighted by molar-refractivity contribution is 6.02. The van der Waals surface area contributed by atoms with Crippen molar-refractivity contribution in [1.29, 1.82) is 0 Å². The quantitative estimate of drug-likeness (QED) is 0.555. The third kappa shape index (κ3) is 5.23. The maximum absolute atomic E-state index is 13.2. The third-order valence-electron chi connectivity index (χ3n) is 6.82. The van der Waals surface area contributed by atoms with Gasteiger partial charge in [0.1, 0.15) is 6.23 Å². The standard InChI is InChI=1S/C26H35N5O3/c1-16(2)17(3)28-14-24(32)30-15-25(33)31(21-8-9-21)22-10-7-19(12-23(22)30)26(34)29-18(4)20-6-5-11-27-13-20/h5-7,10-13,16-18,21,25,28,33H,8-9,14-15H2,1-4H3,(H,29,34)/t17-,18?,25?/m0/s1. The van der Waals surface area contributed by atoms with Gasteiger partial charge >= 0.3 is 0 Å². The molecule has 4 rings (SSSR count). The molecule has 8 nitrogen and oxygen atoms in total. The van der Waals surface area contributed by atoms with Gasteiger partial charge < -0.3 is 25.5 Å². The van der Waals surface area contributed by atoms with Crippen LogP contribution in [0.1, 0.15) is 62.5 Å². The van der Waals surface area contributed by atoms with Gasteiger partial charge in [-0.15, -0.1) is 0 Å². The fraction of sp³-hybridized carbons (Fsp3) is 0.500. The summed E-state index contributed by atoms with van der Waals surface area (Å²) in [6.07, 6.45) is 4.70. The van der Waals surface area contributed by atoms with Crippen molar-refractivity contribution in [2.24, 2.45) is 5.92 Å². The van der Waals surface area contributed by atoms with Crippen LogP contribution in [-0.4, -0.2) is 53.3 Å². The molecule has 1 fully saturated rings. The van der Waals surface area contributed by atoms with Crippen molar-refractivity contribution in [2.45, 2.75) is 64.9 Å². The van der Waals surface area contributed by atoms with Crippen molar-refractivity contribution in [2.75, 3.05) is 22.9 Å². The van der Waals surface area contributed by atoms with Gasteiger partial charge in [-0.25, -0.2) is 0 Å². The second-order valence-electron chi connectivity index (χ2n) is 9.72. The Labute approximate surface area is 201 Å². The van der Waals surface area contributed by atoms with Gasteiger partial charge in [-0.3, -0.25) is 14.6 Å².